The average Bonchev–Trinajstić information content (AvgIpc) is 2.81. The molecule has 1 N–H and O–H groups in total. The van der Waals surface area contributed by atoms with Gasteiger partial charge in [-0.2, -0.15) is 0 Å². The Balaban J connectivity index is 1.41. The first-order chi connectivity index (χ1) is 15.5. The van der Waals surface area contributed by atoms with Crippen LogP contribution in [0.2, 0.25) is 0 Å². The second kappa shape index (κ2) is 9.47. The van der Waals surface area contributed by atoms with Crippen molar-refractivity contribution in [1.29, 1.82) is 0 Å². The van der Waals surface area contributed by atoms with Crippen LogP contribution in [0.4, 0.5) is 0 Å². The van der Waals surface area contributed by atoms with Crippen LogP contribution in [0.25, 0.3) is 21.8 Å². The quantitative estimate of drug-likeness (QED) is 0.362. The fraction of sp³-hybridized carbons (Fsp3) is 0.192. The number of para-hydroxylation sites is 2. The number of pyridine rings is 1. The molecule has 162 valence electrons. The molecule has 0 spiro atoms. The minimum Gasteiger partial charge on any atom is -0.454 e. The van der Waals surface area contributed by atoms with Crippen LogP contribution in [-0.2, 0) is 27.3 Å². The first-order valence-electron chi connectivity index (χ1n) is 10.5. The molecule has 32 heavy (non-hydrogen) atoms. The van der Waals surface area contributed by atoms with Gasteiger partial charge in [-0.25, -0.2) is 0 Å². The minimum atomic E-state index is -0.544. The molecule has 0 saturated heterocycles. The van der Waals surface area contributed by atoms with Crippen LogP contribution in [0.3, 0.4) is 0 Å². The SMILES string of the molecule is Cc1ccccc1CCNC(=O)COC(=O)Cn1c2ccccc2c(=O)c2ccccc21. The molecule has 4 aromatic rings. The maximum absolute atomic E-state index is 12.8. The normalized spacial score (nSPS) is 10.9. The number of nitrogens with one attached hydrogen (secondary N) is 1. The number of carbonyl (C=O) groups is 2. The largest absolute Gasteiger partial charge is 0.454 e. The molecule has 1 heterocycles. The van der Waals surface area contributed by atoms with Gasteiger partial charge in [0.2, 0.25) is 0 Å². The van der Waals surface area contributed by atoms with Crippen molar-refractivity contribution in [3.63, 3.8) is 0 Å². The molecule has 3 aromatic carbocycles. The number of fused-ring (bicyclic) bond motifs is 2. The van der Waals surface area contributed by atoms with Crippen LogP contribution in [0.5, 0.6) is 0 Å². The maximum atomic E-state index is 12.8. The van der Waals surface area contributed by atoms with Gasteiger partial charge in [0.15, 0.2) is 12.0 Å². The van der Waals surface area contributed by atoms with Gasteiger partial charge in [0.1, 0.15) is 6.54 Å². The Labute approximate surface area is 185 Å². The van der Waals surface area contributed by atoms with Crippen LogP contribution in [0.15, 0.2) is 77.6 Å². The topological polar surface area (TPSA) is 77.4 Å². The first-order valence-corrected chi connectivity index (χ1v) is 10.5. The summed E-state index contributed by atoms with van der Waals surface area (Å²) in [6.45, 7) is 2.06. The van der Waals surface area contributed by atoms with Crippen LogP contribution < -0.4 is 10.7 Å². The van der Waals surface area contributed by atoms with Gasteiger partial charge in [-0.1, -0.05) is 48.5 Å². The summed E-state index contributed by atoms with van der Waals surface area (Å²) in [5.41, 5.74) is 3.57. The average molecular weight is 428 g/mol. The van der Waals surface area contributed by atoms with Crippen molar-refractivity contribution in [2.75, 3.05) is 13.2 Å². The van der Waals surface area contributed by atoms with Gasteiger partial charge in [0.05, 0.1) is 11.0 Å². The standard InChI is InChI=1S/C26H24N2O4/c1-18-8-2-3-9-19(18)14-15-27-24(29)17-32-25(30)16-28-22-12-6-4-10-20(22)26(31)21-11-5-7-13-23(21)28/h2-13H,14-17H2,1H3,(H,27,29). The van der Waals surface area contributed by atoms with E-state index in [0.717, 1.165) is 0 Å². The van der Waals surface area contributed by atoms with Crippen molar-refractivity contribution in [2.45, 2.75) is 19.9 Å². The summed E-state index contributed by atoms with van der Waals surface area (Å²) >= 11 is 0. The van der Waals surface area contributed by atoms with Crippen molar-refractivity contribution >= 4 is 33.7 Å². The van der Waals surface area contributed by atoms with E-state index in [1.807, 2.05) is 43.3 Å². The summed E-state index contributed by atoms with van der Waals surface area (Å²) < 4.78 is 6.97. The van der Waals surface area contributed by atoms with Crippen molar-refractivity contribution in [1.82, 2.24) is 9.88 Å². The third-order valence-corrected chi connectivity index (χ3v) is 5.51. The summed E-state index contributed by atoms with van der Waals surface area (Å²) in [5.74, 6) is -0.889. The van der Waals surface area contributed by atoms with Crippen molar-refractivity contribution in [2.24, 2.45) is 0 Å². The Bertz CT molecular complexity index is 1300. The lowest BCUT2D eigenvalue weighted by Crippen LogP contribution is -2.31. The summed E-state index contributed by atoms with van der Waals surface area (Å²) in [5, 5.41) is 3.85. The zero-order valence-electron chi connectivity index (χ0n) is 17.8. The Kier molecular flexibility index (Phi) is 6.31. The van der Waals surface area contributed by atoms with Crippen LogP contribution >= 0.6 is 0 Å². The number of ether oxygens (including phenoxy) is 1. The van der Waals surface area contributed by atoms with Gasteiger partial charge in [-0.15, -0.1) is 0 Å². The minimum absolute atomic E-state index is 0.0751. The molecule has 0 bridgehead atoms. The summed E-state index contributed by atoms with van der Waals surface area (Å²) in [4.78, 5) is 37.4. The number of amides is 1. The highest BCUT2D eigenvalue weighted by molar-refractivity contribution is 5.94. The monoisotopic (exact) mass is 428 g/mol. The Morgan fingerprint density at radius 2 is 1.47 bits per heavy atom. The molecular formula is C26H24N2O4. The molecule has 0 atom stereocenters. The number of hydrogen-bond donors (Lipinski definition) is 1. The predicted octanol–water partition coefficient (Wildman–Crippen LogP) is 3.37. The van der Waals surface area contributed by atoms with Crippen LogP contribution in [0.1, 0.15) is 11.1 Å². The van der Waals surface area contributed by atoms with Crippen molar-refractivity contribution < 1.29 is 14.3 Å². The molecule has 0 radical (unpaired) electrons. The molecule has 6 nitrogen and oxygen atoms in total. The van der Waals surface area contributed by atoms with Gasteiger partial charge < -0.3 is 14.6 Å². The lowest BCUT2D eigenvalue weighted by atomic mass is 10.1. The van der Waals surface area contributed by atoms with Crippen LogP contribution in [-0.4, -0.2) is 29.6 Å². The van der Waals surface area contributed by atoms with Gasteiger partial charge in [0, 0.05) is 17.3 Å². The number of aromatic nitrogens is 1. The van der Waals surface area contributed by atoms with Gasteiger partial charge in [-0.3, -0.25) is 14.4 Å². The molecular weight excluding hydrogens is 404 g/mol. The number of benzene rings is 3. The van der Waals surface area contributed by atoms with Crippen LogP contribution in [0, 0.1) is 6.92 Å². The maximum Gasteiger partial charge on any atom is 0.326 e. The van der Waals surface area contributed by atoms with E-state index in [4.69, 9.17) is 4.74 Å². The molecule has 4 rings (SSSR count). The van der Waals surface area contributed by atoms with E-state index < -0.39 is 5.97 Å². The first kappa shape index (κ1) is 21.3. The third kappa shape index (κ3) is 4.54. The second-order valence-corrected chi connectivity index (χ2v) is 7.64. The lowest BCUT2D eigenvalue weighted by molar-refractivity contribution is -0.149. The zero-order chi connectivity index (χ0) is 22.5. The second-order valence-electron chi connectivity index (χ2n) is 7.64. The third-order valence-electron chi connectivity index (χ3n) is 5.51. The smallest absolute Gasteiger partial charge is 0.326 e. The molecule has 1 amide bonds. The van der Waals surface area contributed by atoms with E-state index in [-0.39, 0.29) is 24.5 Å². The molecule has 0 aliphatic heterocycles. The molecule has 1 aromatic heterocycles. The molecule has 6 heteroatoms. The van der Waals surface area contributed by atoms with E-state index in [2.05, 4.69) is 5.32 Å². The molecule has 0 fully saturated rings. The Morgan fingerprint density at radius 1 is 0.875 bits per heavy atom. The molecule has 0 saturated carbocycles. The van der Waals surface area contributed by atoms with E-state index in [1.165, 1.54) is 11.1 Å². The van der Waals surface area contributed by atoms with Gasteiger partial charge in [-0.05, 0) is 48.7 Å². The van der Waals surface area contributed by atoms with Crippen molar-refractivity contribution in [3.05, 3.63) is 94.1 Å². The Hall–Kier alpha value is -3.93. The lowest BCUT2D eigenvalue weighted by Gasteiger charge is -2.14. The Morgan fingerprint density at radius 3 is 2.12 bits per heavy atom. The highest BCUT2D eigenvalue weighted by Crippen LogP contribution is 2.19. The number of carbonyl (C=O) groups excluding carboxylic acids is 2. The number of esters is 1. The summed E-state index contributed by atoms with van der Waals surface area (Å²) in [7, 11) is 0. The van der Waals surface area contributed by atoms with E-state index in [1.54, 1.807) is 41.0 Å². The fourth-order valence-corrected chi connectivity index (χ4v) is 3.85. The van der Waals surface area contributed by atoms with E-state index in [0.29, 0.717) is 34.8 Å². The highest BCUT2D eigenvalue weighted by Gasteiger charge is 2.14. The highest BCUT2D eigenvalue weighted by atomic mass is 16.5. The number of rotatable bonds is 7. The van der Waals surface area contributed by atoms with Gasteiger partial charge >= 0.3 is 5.97 Å². The molecule has 0 aliphatic rings. The fourth-order valence-electron chi connectivity index (χ4n) is 3.85. The van der Waals surface area contributed by atoms with E-state index >= 15 is 0 Å². The van der Waals surface area contributed by atoms with E-state index in [9.17, 15) is 14.4 Å². The molecule has 0 aliphatic carbocycles. The molecule has 0 unspecified atom stereocenters. The van der Waals surface area contributed by atoms with Gasteiger partial charge in [0.25, 0.3) is 5.91 Å². The summed E-state index contributed by atoms with van der Waals surface area (Å²) in [6, 6.07) is 22.3. The predicted molar refractivity (Wildman–Crippen MR) is 125 cm³/mol. The number of hydrogen-bond acceptors (Lipinski definition) is 4. The summed E-state index contributed by atoms with van der Waals surface area (Å²) in [6.07, 6.45) is 0.710. The number of aryl methyl sites for hydroxylation is 1. The zero-order valence-corrected chi connectivity index (χ0v) is 17.8. The van der Waals surface area contributed by atoms with Crippen molar-refractivity contribution in [3.8, 4) is 0 Å². The number of nitrogens with zero attached hydrogens (tertiary/aromatic N) is 1.